The zero-order chi connectivity index (χ0) is 16.2. The van der Waals surface area contributed by atoms with E-state index >= 15 is 0 Å². The number of aromatic nitrogens is 2. The maximum absolute atomic E-state index is 12.5. The molecule has 1 amide bonds. The van der Waals surface area contributed by atoms with Crippen LogP contribution in [0.25, 0.3) is 6.08 Å². The molecule has 5 nitrogen and oxygen atoms in total. The van der Waals surface area contributed by atoms with Gasteiger partial charge in [-0.3, -0.25) is 9.48 Å². The molecule has 0 unspecified atom stereocenters. The zero-order valence-electron chi connectivity index (χ0n) is 13.5. The Balaban J connectivity index is 1.68. The number of benzene rings is 1. The van der Waals surface area contributed by atoms with Crippen LogP contribution in [0.15, 0.2) is 42.7 Å². The predicted octanol–water partition coefficient (Wildman–Crippen LogP) is 2.63. The first-order valence-electron chi connectivity index (χ1n) is 7.76. The van der Waals surface area contributed by atoms with Crippen molar-refractivity contribution in [2.24, 2.45) is 7.05 Å². The molecule has 1 aromatic heterocycles. The lowest BCUT2D eigenvalue weighted by atomic mass is 10.2. The summed E-state index contributed by atoms with van der Waals surface area (Å²) in [7, 11) is 3.51. The van der Waals surface area contributed by atoms with Crippen LogP contribution in [0.4, 0.5) is 0 Å². The highest BCUT2D eigenvalue weighted by molar-refractivity contribution is 5.92. The number of aryl methyl sites for hydroxylation is 1. The number of methoxy groups -OCH3 is 1. The molecule has 0 radical (unpaired) electrons. The summed E-state index contributed by atoms with van der Waals surface area (Å²) in [6, 6.07) is 8.23. The van der Waals surface area contributed by atoms with E-state index in [0.717, 1.165) is 29.7 Å². The molecule has 0 aliphatic heterocycles. The van der Waals surface area contributed by atoms with Crippen molar-refractivity contribution in [2.45, 2.75) is 25.4 Å². The van der Waals surface area contributed by atoms with Gasteiger partial charge in [-0.2, -0.15) is 5.10 Å². The molecule has 23 heavy (non-hydrogen) atoms. The summed E-state index contributed by atoms with van der Waals surface area (Å²) in [5, 5.41) is 4.10. The molecule has 1 saturated carbocycles. The first-order valence-corrected chi connectivity index (χ1v) is 7.76. The molecular formula is C18H21N3O2. The largest absolute Gasteiger partial charge is 0.497 e. The highest BCUT2D eigenvalue weighted by Crippen LogP contribution is 2.29. The molecule has 1 aliphatic rings. The van der Waals surface area contributed by atoms with Gasteiger partial charge in [0.05, 0.1) is 13.3 Å². The molecule has 0 spiro atoms. The fraction of sp³-hybridized carbons (Fsp3) is 0.333. The number of hydrogen-bond donors (Lipinski definition) is 0. The normalized spacial score (nSPS) is 14.2. The van der Waals surface area contributed by atoms with E-state index < -0.39 is 0 Å². The van der Waals surface area contributed by atoms with Gasteiger partial charge in [0.1, 0.15) is 5.75 Å². The van der Waals surface area contributed by atoms with Crippen molar-refractivity contribution in [1.29, 1.82) is 0 Å². The van der Waals surface area contributed by atoms with E-state index in [-0.39, 0.29) is 5.91 Å². The van der Waals surface area contributed by atoms with Crippen molar-refractivity contribution in [3.05, 3.63) is 53.9 Å². The van der Waals surface area contributed by atoms with Crippen LogP contribution in [0, 0.1) is 0 Å². The van der Waals surface area contributed by atoms with Crippen LogP contribution >= 0.6 is 0 Å². The van der Waals surface area contributed by atoms with E-state index in [1.807, 2.05) is 48.5 Å². The van der Waals surface area contributed by atoms with Crippen molar-refractivity contribution in [1.82, 2.24) is 14.7 Å². The van der Waals surface area contributed by atoms with E-state index in [1.165, 1.54) is 0 Å². The van der Waals surface area contributed by atoms with E-state index in [1.54, 1.807) is 24.1 Å². The third-order valence-corrected chi connectivity index (χ3v) is 3.93. The molecule has 0 atom stereocenters. The molecule has 3 rings (SSSR count). The lowest BCUT2D eigenvalue weighted by molar-refractivity contribution is -0.127. The quantitative estimate of drug-likeness (QED) is 0.771. The van der Waals surface area contributed by atoms with Crippen LogP contribution in [0.3, 0.4) is 0 Å². The van der Waals surface area contributed by atoms with Crippen LogP contribution in [-0.4, -0.2) is 33.7 Å². The highest BCUT2D eigenvalue weighted by atomic mass is 16.5. The lowest BCUT2D eigenvalue weighted by Crippen LogP contribution is -2.31. The molecule has 0 bridgehead atoms. The summed E-state index contributed by atoms with van der Waals surface area (Å²) in [4.78, 5) is 14.5. The van der Waals surface area contributed by atoms with Crippen LogP contribution in [0.1, 0.15) is 24.0 Å². The molecule has 120 valence electrons. The Morgan fingerprint density at radius 1 is 1.39 bits per heavy atom. The molecule has 0 N–H and O–H groups in total. The standard InChI is InChI=1S/C18H21N3O2/c1-20-12-15(11-19-20)5-10-18(22)21(16-6-7-16)13-14-3-8-17(23-2)9-4-14/h3-5,8-12,16H,6-7,13H2,1-2H3/b10-5+. The number of ether oxygens (including phenoxy) is 1. The van der Waals surface area contributed by atoms with E-state index in [9.17, 15) is 4.79 Å². The molecule has 1 heterocycles. The van der Waals surface area contributed by atoms with Gasteiger partial charge in [-0.15, -0.1) is 0 Å². The third-order valence-electron chi connectivity index (χ3n) is 3.93. The van der Waals surface area contributed by atoms with Gasteiger partial charge in [0.25, 0.3) is 0 Å². The number of carbonyl (C=O) groups excluding carboxylic acids is 1. The molecular weight excluding hydrogens is 290 g/mol. The fourth-order valence-electron chi connectivity index (χ4n) is 2.49. The summed E-state index contributed by atoms with van der Waals surface area (Å²) < 4.78 is 6.89. The maximum atomic E-state index is 12.5. The Kier molecular flexibility index (Phi) is 4.46. The second-order valence-electron chi connectivity index (χ2n) is 5.83. The molecule has 0 saturated heterocycles. The SMILES string of the molecule is COc1ccc(CN(C(=O)/C=C/c2cnn(C)c2)C2CC2)cc1. The van der Waals surface area contributed by atoms with Gasteiger partial charge in [0, 0.05) is 37.5 Å². The first kappa shape index (κ1) is 15.3. The predicted molar refractivity (Wildman–Crippen MR) is 88.8 cm³/mol. The van der Waals surface area contributed by atoms with E-state index in [4.69, 9.17) is 4.74 Å². The second kappa shape index (κ2) is 6.69. The smallest absolute Gasteiger partial charge is 0.247 e. The Bertz CT molecular complexity index is 699. The van der Waals surface area contributed by atoms with Crippen LogP contribution in [-0.2, 0) is 18.4 Å². The summed E-state index contributed by atoms with van der Waals surface area (Å²) in [5.41, 5.74) is 2.04. The Hall–Kier alpha value is -2.56. The first-order chi connectivity index (χ1) is 11.2. The van der Waals surface area contributed by atoms with Gasteiger partial charge in [0.15, 0.2) is 0 Å². The fourth-order valence-corrected chi connectivity index (χ4v) is 2.49. The number of nitrogens with zero attached hydrogens (tertiary/aromatic N) is 3. The Labute approximate surface area is 136 Å². The Morgan fingerprint density at radius 3 is 2.70 bits per heavy atom. The summed E-state index contributed by atoms with van der Waals surface area (Å²) >= 11 is 0. The van der Waals surface area contributed by atoms with Crippen molar-refractivity contribution in [3.63, 3.8) is 0 Å². The van der Waals surface area contributed by atoms with Gasteiger partial charge >= 0.3 is 0 Å². The van der Waals surface area contributed by atoms with Crippen molar-refractivity contribution in [3.8, 4) is 5.75 Å². The number of rotatable bonds is 6. The summed E-state index contributed by atoms with van der Waals surface area (Å²) in [6.45, 7) is 0.630. The minimum absolute atomic E-state index is 0.0483. The Morgan fingerprint density at radius 2 is 2.13 bits per heavy atom. The van der Waals surface area contributed by atoms with E-state index in [2.05, 4.69) is 5.10 Å². The van der Waals surface area contributed by atoms with Gasteiger partial charge in [0.2, 0.25) is 5.91 Å². The van der Waals surface area contributed by atoms with Crippen LogP contribution < -0.4 is 4.74 Å². The number of hydrogen-bond acceptors (Lipinski definition) is 3. The van der Waals surface area contributed by atoms with Gasteiger partial charge in [-0.25, -0.2) is 0 Å². The molecule has 1 aliphatic carbocycles. The minimum atomic E-state index is 0.0483. The van der Waals surface area contributed by atoms with Crippen molar-refractivity contribution < 1.29 is 9.53 Å². The second-order valence-corrected chi connectivity index (χ2v) is 5.83. The molecule has 1 aromatic carbocycles. The number of amides is 1. The summed E-state index contributed by atoms with van der Waals surface area (Å²) in [6.07, 6.45) is 9.26. The number of carbonyl (C=O) groups is 1. The summed E-state index contributed by atoms with van der Waals surface area (Å²) in [5.74, 6) is 0.877. The molecule has 1 fully saturated rings. The van der Waals surface area contributed by atoms with Crippen LogP contribution in [0.5, 0.6) is 5.75 Å². The van der Waals surface area contributed by atoms with Gasteiger partial charge < -0.3 is 9.64 Å². The molecule has 5 heteroatoms. The van der Waals surface area contributed by atoms with Gasteiger partial charge in [-0.1, -0.05) is 12.1 Å². The van der Waals surface area contributed by atoms with Gasteiger partial charge in [-0.05, 0) is 36.6 Å². The monoisotopic (exact) mass is 311 g/mol. The van der Waals surface area contributed by atoms with Crippen LogP contribution in [0.2, 0.25) is 0 Å². The van der Waals surface area contributed by atoms with Crippen molar-refractivity contribution in [2.75, 3.05) is 7.11 Å². The lowest BCUT2D eigenvalue weighted by Gasteiger charge is -2.21. The average Bonchev–Trinajstić information content (AvgIpc) is 3.32. The zero-order valence-corrected chi connectivity index (χ0v) is 13.5. The minimum Gasteiger partial charge on any atom is -0.497 e. The van der Waals surface area contributed by atoms with E-state index in [0.29, 0.717) is 12.6 Å². The third kappa shape index (κ3) is 4.00. The molecule has 2 aromatic rings. The highest BCUT2D eigenvalue weighted by Gasteiger charge is 2.31. The van der Waals surface area contributed by atoms with Crippen molar-refractivity contribution >= 4 is 12.0 Å². The average molecular weight is 311 g/mol. The maximum Gasteiger partial charge on any atom is 0.247 e. The topological polar surface area (TPSA) is 47.4 Å².